The van der Waals surface area contributed by atoms with Crippen molar-refractivity contribution in [2.45, 2.75) is 38.6 Å². The number of rotatable bonds is 8. The summed E-state index contributed by atoms with van der Waals surface area (Å²) in [5.41, 5.74) is 0.679. The van der Waals surface area contributed by atoms with E-state index in [9.17, 15) is 14.0 Å². The minimum Gasteiger partial charge on any atom is -0.450 e. The number of hydrogen-bond acceptors (Lipinski definition) is 4. The molecule has 1 aromatic carbocycles. The summed E-state index contributed by atoms with van der Waals surface area (Å²) in [6, 6.07) is 6.82. The van der Waals surface area contributed by atoms with E-state index in [0.29, 0.717) is 51.2 Å². The third-order valence-corrected chi connectivity index (χ3v) is 4.44. The number of amides is 2. The Balaban J connectivity index is 1.55. The van der Waals surface area contributed by atoms with Crippen LogP contribution in [0.15, 0.2) is 24.3 Å². The maximum absolute atomic E-state index is 13.5. The number of nitrogens with zero attached hydrogens (tertiary/aromatic N) is 1. The van der Waals surface area contributed by atoms with Gasteiger partial charge in [0.15, 0.2) is 0 Å². The quantitative estimate of drug-likeness (QED) is 0.692. The van der Waals surface area contributed by atoms with Gasteiger partial charge in [-0.1, -0.05) is 18.2 Å². The van der Waals surface area contributed by atoms with Gasteiger partial charge in [0.05, 0.1) is 6.61 Å². The van der Waals surface area contributed by atoms with Crippen molar-refractivity contribution in [3.05, 3.63) is 35.6 Å². The summed E-state index contributed by atoms with van der Waals surface area (Å²) in [4.78, 5) is 25.3. The molecule has 0 atom stereocenters. The Morgan fingerprint density at radius 1 is 1.23 bits per heavy atom. The normalized spacial score (nSPS) is 14.9. The van der Waals surface area contributed by atoms with Crippen LogP contribution >= 0.6 is 0 Å². The van der Waals surface area contributed by atoms with Gasteiger partial charge >= 0.3 is 6.09 Å². The van der Waals surface area contributed by atoms with Crippen molar-refractivity contribution in [2.75, 3.05) is 32.8 Å². The number of carbonyl (C=O) groups is 2. The topological polar surface area (TPSA) is 70.7 Å². The zero-order valence-corrected chi connectivity index (χ0v) is 15.3. The fourth-order valence-corrected chi connectivity index (χ4v) is 2.97. The monoisotopic (exact) mass is 365 g/mol. The molecule has 7 heteroatoms. The molecule has 0 saturated carbocycles. The highest BCUT2D eigenvalue weighted by Gasteiger charge is 2.24. The van der Waals surface area contributed by atoms with E-state index < -0.39 is 0 Å². The highest BCUT2D eigenvalue weighted by atomic mass is 19.1. The molecule has 26 heavy (non-hydrogen) atoms. The number of likely N-dealkylation sites (tertiary alicyclic amines) is 1. The number of ether oxygens (including phenoxy) is 1. The van der Waals surface area contributed by atoms with E-state index in [0.717, 1.165) is 12.8 Å². The van der Waals surface area contributed by atoms with Crippen LogP contribution in [0.1, 0.15) is 31.7 Å². The van der Waals surface area contributed by atoms with Gasteiger partial charge in [-0.15, -0.1) is 0 Å². The Labute approximate surface area is 154 Å². The van der Waals surface area contributed by atoms with Gasteiger partial charge in [0.2, 0.25) is 5.91 Å². The molecule has 6 nitrogen and oxygen atoms in total. The third-order valence-electron chi connectivity index (χ3n) is 4.44. The van der Waals surface area contributed by atoms with Crippen LogP contribution < -0.4 is 10.6 Å². The first-order valence-electron chi connectivity index (χ1n) is 9.25. The van der Waals surface area contributed by atoms with Gasteiger partial charge in [-0.3, -0.25) is 4.79 Å². The Morgan fingerprint density at radius 2 is 1.96 bits per heavy atom. The smallest absolute Gasteiger partial charge is 0.409 e. The number of nitrogens with one attached hydrogen (secondary N) is 2. The van der Waals surface area contributed by atoms with Gasteiger partial charge < -0.3 is 20.3 Å². The highest BCUT2D eigenvalue weighted by Crippen LogP contribution is 2.11. The molecule has 0 aromatic heterocycles. The van der Waals surface area contributed by atoms with Crippen LogP contribution in [-0.2, 0) is 16.0 Å². The lowest BCUT2D eigenvalue weighted by Gasteiger charge is -2.31. The van der Waals surface area contributed by atoms with Crippen molar-refractivity contribution >= 4 is 12.0 Å². The molecule has 2 N–H and O–H groups in total. The first kappa shape index (κ1) is 20.2. The first-order valence-corrected chi connectivity index (χ1v) is 9.25. The predicted octanol–water partition coefficient (Wildman–Crippen LogP) is 2.08. The summed E-state index contributed by atoms with van der Waals surface area (Å²) in [5, 5.41) is 6.18. The van der Waals surface area contributed by atoms with Crippen LogP contribution in [0.2, 0.25) is 0 Å². The number of benzene rings is 1. The number of hydrogen-bond donors (Lipinski definition) is 2. The Bertz CT molecular complexity index is 589. The second-order valence-electron chi connectivity index (χ2n) is 6.37. The highest BCUT2D eigenvalue weighted by molar-refractivity contribution is 5.76. The van der Waals surface area contributed by atoms with Crippen LogP contribution in [0.3, 0.4) is 0 Å². The van der Waals surface area contributed by atoms with E-state index in [1.807, 2.05) is 6.07 Å². The van der Waals surface area contributed by atoms with Crippen molar-refractivity contribution in [2.24, 2.45) is 0 Å². The molecule has 144 valence electrons. The summed E-state index contributed by atoms with van der Waals surface area (Å²) in [6.45, 7) is 4.55. The fourth-order valence-electron chi connectivity index (χ4n) is 2.97. The van der Waals surface area contributed by atoms with Crippen molar-refractivity contribution < 1.29 is 18.7 Å². The molecule has 1 heterocycles. The molecule has 1 aliphatic heterocycles. The molecule has 0 unspecified atom stereocenters. The Hall–Kier alpha value is -2.15. The minimum absolute atomic E-state index is 0.00187. The zero-order valence-electron chi connectivity index (χ0n) is 15.3. The summed E-state index contributed by atoms with van der Waals surface area (Å²) >= 11 is 0. The van der Waals surface area contributed by atoms with E-state index in [4.69, 9.17) is 4.74 Å². The van der Waals surface area contributed by atoms with Gasteiger partial charge in [-0.25, -0.2) is 9.18 Å². The minimum atomic E-state index is -0.281. The van der Waals surface area contributed by atoms with Gasteiger partial charge in [0.25, 0.3) is 0 Å². The Kier molecular flexibility index (Phi) is 8.34. The molecule has 1 aromatic rings. The molecule has 0 radical (unpaired) electrons. The SMILES string of the molecule is CCOC(=O)N1CCC(NC(=O)CCNCCc2ccccc2F)CC1. The lowest BCUT2D eigenvalue weighted by Crippen LogP contribution is -2.47. The molecular weight excluding hydrogens is 337 g/mol. The molecular formula is C19H28FN3O3. The lowest BCUT2D eigenvalue weighted by molar-refractivity contribution is -0.121. The van der Waals surface area contributed by atoms with E-state index in [1.54, 1.807) is 24.0 Å². The maximum Gasteiger partial charge on any atom is 0.409 e. The van der Waals surface area contributed by atoms with Crippen molar-refractivity contribution in [3.8, 4) is 0 Å². The average molecular weight is 365 g/mol. The largest absolute Gasteiger partial charge is 0.450 e. The molecule has 1 aliphatic rings. The lowest BCUT2D eigenvalue weighted by atomic mass is 10.1. The van der Waals surface area contributed by atoms with Crippen molar-refractivity contribution in [1.29, 1.82) is 0 Å². The van der Waals surface area contributed by atoms with E-state index in [2.05, 4.69) is 10.6 Å². The van der Waals surface area contributed by atoms with Gasteiger partial charge in [0, 0.05) is 32.1 Å². The van der Waals surface area contributed by atoms with Crippen molar-refractivity contribution in [1.82, 2.24) is 15.5 Å². The van der Waals surface area contributed by atoms with Crippen molar-refractivity contribution in [3.63, 3.8) is 0 Å². The summed E-state index contributed by atoms with van der Waals surface area (Å²) in [6.07, 6.45) is 2.18. The number of halogens is 1. The second kappa shape index (κ2) is 10.8. The summed E-state index contributed by atoms with van der Waals surface area (Å²) in [7, 11) is 0. The number of piperidine rings is 1. The van der Waals surface area contributed by atoms with E-state index in [1.165, 1.54) is 6.07 Å². The van der Waals surface area contributed by atoms with Gasteiger partial charge in [-0.05, 0) is 44.4 Å². The van der Waals surface area contributed by atoms with E-state index >= 15 is 0 Å². The fraction of sp³-hybridized carbons (Fsp3) is 0.579. The van der Waals surface area contributed by atoms with E-state index in [-0.39, 0.29) is 23.9 Å². The predicted molar refractivity (Wildman–Crippen MR) is 97.4 cm³/mol. The molecule has 1 saturated heterocycles. The molecule has 2 amide bonds. The molecule has 1 fully saturated rings. The molecule has 0 aliphatic carbocycles. The molecule has 2 rings (SSSR count). The van der Waals surface area contributed by atoms with Crippen LogP contribution in [0.25, 0.3) is 0 Å². The first-order chi connectivity index (χ1) is 12.6. The molecule has 0 spiro atoms. The number of carbonyl (C=O) groups excluding carboxylic acids is 2. The zero-order chi connectivity index (χ0) is 18.8. The van der Waals surface area contributed by atoms with Crippen LogP contribution in [-0.4, -0.2) is 55.7 Å². The Morgan fingerprint density at radius 3 is 2.65 bits per heavy atom. The standard InChI is InChI=1S/C19H28FN3O3/c1-2-26-19(25)23-13-9-16(10-14-23)22-18(24)8-12-21-11-7-15-5-3-4-6-17(15)20/h3-6,16,21H,2,7-14H2,1H3,(H,22,24). The molecule has 0 bridgehead atoms. The maximum atomic E-state index is 13.5. The third kappa shape index (κ3) is 6.63. The average Bonchev–Trinajstić information content (AvgIpc) is 2.63. The van der Waals surface area contributed by atoms with Crippen LogP contribution in [0, 0.1) is 5.82 Å². The van der Waals surface area contributed by atoms with Crippen LogP contribution in [0.4, 0.5) is 9.18 Å². The second-order valence-corrected chi connectivity index (χ2v) is 6.37. The summed E-state index contributed by atoms with van der Waals surface area (Å²) in [5.74, 6) is -0.195. The van der Waals surface area contributed by atoms with Gasteiger partial charge in [-0.2, -0.15) is 0 Å². The van der Waals surface area contributed by atoms with Gasteiger partial charge in [0.1, 0.15) is 5.82 Å². The van der Waals surface area contributed by atoms with Crippen LogP contribution in [0.5, 0.6) is 0 Å². The summed E-state index contributed by atoms with van der Waals surface area (Å²) < 4.78 is 18.5.